The van der Waals surface area contributed by atoms with Gasteiger partial charge in [-0.3, -0.25) is 0 Å². The van der Waals surface area contributed by atoms with Gasteiger partial charge in [-0.05, 0) is 29.4 Å². The van der Waals surface area contributed by atoms with Gasteiger partial charge >= 0.3 is 0 Å². The van der Waals surface area contributed by atoms with Gasteiger partial charge in [0.25, 0.3) is 0 Å². The van der Waals surface area contributed by atoms with Gasteiger partial charge in [-0.15, -0.1) is 0 Å². The smallest absolute Gasteiger partial charge is 0.123 e. The Kier molecular flexibility index (Phi) is 8.37. The number of benzene rings is 1. The van der Waals surface area contributed by atoms with Crippen molar-refractivity contribution in [2.75, 3.05) is 0 Å². The van der Waals surface area contributed by atoms with Crippen molar-refractivity contribution < 1.29 is 5.11 Å². The minimum atomic E-state index is -0.0308. The molecule has 0 radical (unpaired) electrons. The summed E-state index contributed by atoms with van der Waals surface area (Å²) in [4.78, 5) is 0. The van der Waals surface area contributed by atoms with Crippen LogP contribution in [0.1, 0.15) is 78.0 Å². The number of thioether (sulfide) groups is 2. The summed E-state index contributed by atoms with van der Waals surface area (Å²) in [5.41, 5.74) is 3.50. The van der Waals surface area contributed by atoms with E-state index in [2.05, 4.69) is 60.6 Å². The molecule has 0 spiro atoms. The molecule has 0 heterocycles. The summed E-state index contributed by atoms with van der Waals surface area (Å²) < 4.78 is 0. The lowest BCUT2D eigenvalue weighted by atomic mass is 9.84. The van der Waals surface area contributed by atoms with Crippen LogP contribution in [0.25, 0.3) is 0 Å². The van der Waals surface area contributed by atoms with Gasteiger partial charge in [0.1, 0.15) is 5.75 Å². The van der Waals surface area contributed by atoms with Crippen molar-refractivity contribution in [2.45, 2.75) is 88.7 Å². The Labute approximate surface area is 152 Å². The highest BCUT2D eigenvalue weighted by molar-refractivity contribution is 7.99. The summed E-state index contributed by atoms with van der Waals surface area (Å²) in [6, 6.07) is 4.43. The van der Waals surface area contributed by atoms with Crippen molar-refractivity contribution >= 4 is 23.5 Å². The number of rotatable bonds is 8. The molecule has 0 aromatic heterocycles. The van der Waals surface area contributed by atoms with Gasteiger partial charge in [0.05, 0.1) is 0 Å². The molecule has 2 atom stereocenters. The largest absolute Gasteiger partial charge is 0.507 e. The highest BCUT2D eigenvalue weighted by Gasteiger charge is 2.21. The van der Waals surface area contributed by atoms with Crippen LogP contribution in [0.2, 0.25) is 0 Å². The Balaban J connectivity index is 3.06. The van der Waals surface area contributed by atoms with Crippen LogP contribution in [0.4, 0.5) is 0 Å². The molecule has 0 fully saturated rings. The van der Waals surface area contributed by atoms with E-state index >= 15 is 0 Å². The van der Waals surface area contributed by atoms with Gasteiger partial charge in [-0.1, -0.05) is 60.6 Å². The second-order valence-corrected chi connectivity index (χ2v) is 10.3. The van der Waals surface area contributed by atoms with E-state index in [1.54, 1.807) is 0 Å². The molecule has 0 saturated carbocycles. The second-order valence-electron chi connectivity index (χ2n) is 7.46. The molecule has 0 aliphatic carbocycles. The Bertz CT molecular complexity index is 491. The molecule has 0 saturated heterocycles. The summed E-state index contributed by atoms with van der Waals surface area (Å²) in [5, 5.41) is 12.0. The summed E-state index contributed by atoms with van der Waals surface area (Å²) in [5.74, 6) is 2.43. The zero-order valence-corrected chi connectivity index (χ0v) is 17.5. The molecule has 2 unspecified atom stereocenters. The van der Waals surface area contributed by atoms with E-state index in [9.17, 15) is 5.11 Å². The molecular formula is C20H34OS2. The topological polar surface area (TPSA) is 20.2 Å². The number of phenols is 1. The summed E-state index contributed by atoms with van der Waals surface area (Å²) >= 11 is 3.94. The van der Waals surface area contributed by atoms with E-state index in [0.717, 1.165) is 22.6 Å². The molecule has 132 valence electrons. The predicted octanol–water partition coefficient (Wildman–Crippen LogP) is 6.75. The molecule has 0 aliphatic heterocycles. The van der Waals surface area contributed by atoms with Gasteiger partial charge in [-0.2, -0.15) is 23.5 Å². The van der Waals surface area contributed by atoms with Crippen molar-refractivity contribution in [3.05, 3.63) is 28.8 Å². The monoisotopic (exact) mass is 354 g/mol. The third-order valence-corrected chi connectivity index (χ3v) is 7.05. The Morgan fingerprint density at radius 3 is 1.96 bits per heavy atom. The van der Waals surface area contributed by atoms with Crippen molar-refractivity contribution in [1.29, 1.82) is 0 Å². The Morgan fingerprint density at radius 1 is 0.957 bits per heavy atom. The zero-order chi connectivity index (χ0) is 17.6. The van der Waals surface area contributed by atoms with E-state index in [4.69, 9.17) is 0 Å². The van der Waals surface area contributed by atoms with E-state index < -0.39 is 0 Å². The lowest BCUT2D eigenvalue weighted by Gasteiger charge is -2.24. The van der Waals surface area contributed by atoms with Gasteiger partial charge < -0.3 is 5.11 Å². The summed E-state index contributed by atoms with van der Waals surface area (Å²) in [6.07, 6.45) is 2.37. The van der Waals surface area contributed by atoms with Crippen LogP contribution in [-0.4, -0.2) is 15.6 Å². The lowest BCUT2D eigenvalue weighted by Crippen LogP contribution is -2.13. The Morgan fingerprint density at radius 2 is 1.48 bits per heavy atom. The fraction of sp³-hybridized carbons (Fsp3) is 0.700. The predicted molar refractivity (Wildman–Crippen MR) is 109 cm³/mol. The SMILES string of the molecule is CCC(C)SCc1cc(CSC(C)CC)c(O)c(C(C)(C)C)c1. The molecular weight excluding hydrogens is 320 g/mol. The molecule has 1 nitrogen and oxygen atoms in total. The maximum atomic E-state index is 10.7. The number of aromatic hydroxyl groups is 1. The van der Waals surface area contributed by atoms with Crippen LogP contribution in [0, 0.1) is 0 Å². The molecule has 0 bridgehead atoms. The van der Waals surface area contributed by atoms with E-state index in [0.29, 0.717) is 16.2 Å². The van der Waals surface area contributed by atoms with Crippen LogP contribution >= 0.6 is 23.5 Å². The fourth-order valence-electron chi connectivity index (χ4n) is 2.23. The maximum Gasteiger partial charge on any atom is 0.123 e. The quantitative estimate of drug-likeness (QED) is 0.557. The van der Waals surface area contributed by atoms with Crippen molar-refractivity contribution in [3.8, 4) is 5.75 Å². The van der Waals surface area contributed by atoms with E-state index in [1.165, 1.54) is 18.4 Å². The first-order valence-corrected chi connectivity index (χ1v) is 10.9. The minimum absolute atomic E-state index is 0.0308. The van der Waals surface area contributed by atoms with Gasteiger partial charge in [-0.25, -0.2) is 0 Å². The molecule has 1 aromatic carbocycles. The third kappa shape index (κ3) is 6.62. The van der Waals surface area contributed by atoms with Crippen LogP contribution in [-0.2, 0) is 16.9 Å². The van der Waals surface area contributed by atoms with Crippen LogP contribution in [0.5, 0.6) is 5.75 Å². The first kappa shape index (κ1) is 20.8. The summed E-state index contributed by atoms with van der Waals surface area (Å²) in [7, 11) is 0. The third-order valence-electron chi connectivity index (χ3n) is 4.26. The number of hydrogen-bond donors (Lipinski definition) is 1. The van der Waals surface area contributed by atoms with E-state index in [1.807, 2.05) is 23.5 Å². The molecule has 0 amide bonds. The maximum absolute atomic E-state index is 10.7. The van der Waals surface area contributed by atoms with E-state index in [-0.39, 0.29) is 5.41 Å². The number of phenolic OH excluding ortho intramolecular Hbond substituents is 1. The van der Waals surface area contributed by atoms with Crippen molar-refractivity contribution in [2.24, 2.45) is 0 Å². The molecule has 3 heteroatoms. The van der Waals surface area contributed by atoms with Crippen molar-refractivity contribution in [1.82, 2.24) is 0 Å². The zero-order valence-electron chi connectivity index (χ0n) is 15.9. The normalized spacial score (nSPS) is 14.7. The Hall–Kier alpha value is -0.280. The summed E-state index contributed by atoms with van der Waals surface area (Å²) in [6.45, 7) is 15.5. The lowest BCUT2D eigenvalue weighted by molar-refractivity contribution is 0.442. The van der Waals surface area contributed by atoms with Gasteiger partial charge in [0, 0.05) is 27.6 Å². The molecule has 1 aromatic rings. The molecule has 0 aliphatic rings. The van der Waals surface area contributed by atoms with Crippen LogP contribution in [0.3, 0.4) is 0 Å². The standard InChI is InChI=1S/C20H34OS2/c1-8-14(3)22-12-16-10-17(13-23-15(4)9-2)19(21)18(11-16)20(5,6)7/h10-11,14-15,21H,8-9,12-13H2,1-7H3. The molecule has 23 heavy (non-hydrogen) atoms. The highest BCUT2D eigenvalue weighted by Crippen LogP contribution is 2.37. The average Bonchev–Trinajstić information content (AvgIpc) is 2.50. The first-order valence-electron chi connectivity index (χ1n) is 8.77. The van der Waals surface area contributed by atoms with Crippen LogP contribution < -0.4 is 0 Å². The van der Waals surface area contributed by atoms with Gasteiger partial charge in [0.15, 0.2) is 0 Å². The average molecular weight is 355 g/mol. The molecule has 1 N–H and O–H groups in total. The second kappa shape index (κ2) is 9.27. The number of hydrogen-bond acceptors (Lipinski definition) is 3. The minimum Gasteiger partial charge on any atom is -0.507 e. The highest BCUT2D eigenvalue weighted by atomic mass is 32.2. The fourth-order valence-corrected chi connectivity index (χ4v) is 4.03. The van der Waals surface area contributed by atoms with Gasteiger partial charge in [0.2, 0.25) is 0 Å². The molecule has 1 rings (SSSR count). The van der Waals surface area contributed by atoms with Crippen LogP contribution in [0.15, 0.2) is 12.1 Å². The first-order chi connectivity index (χ1) is 10.7. The van der Waals surface area contributed by atoms with Crippen molar-refractivity contribution in [3.63, 3.8) is 0 Å².